The predicted molar refractivity (Wildman–Crippen MR) is 174 cm³/mol. The number of rotatable bonds is 10. The molecule has 0 aliphatic heterocycles. The third kappa shape index (κ3) is 6.51. The largest absolute Gasteiger partial charge is 0.368 e. The van der Waals surface area contributed by atoms with Crippen LogP contribution in [0, 0.1) is 0 Å². The Balaban J connectivity index is 1.24. The summed E-state index contributed by atoms with van der Waals surface area (Å²) in [7, 11) is 0. The normalized spacial score (nSPS) is 10.9. The van der Waals surface area contributed by atoms with E-state index in [9.17, 15) is 0 Å². The quantitative estimate of drug-likeness (QED) is 0.112. The number of nitrogen functional groups attached to an aromatic ring is 2. The molecule has 0 radical (unpaired) electrons. The third-order valence-electron chi connectivity index (χ3n) is 6.61. The van der Waals surface area contributed by atoms with Crippen LogP contribution in [0.2, 0.25) is 0 Å². The van der Waals surface area contributed by atoms with Crippen molar-refractivity contribution in [3.63, 3.8) is 0 Å². The highest BCUT2D eigenvalue weighted by Crippen LogP contribution is 2.32. The lowest BCUT2D eigenvalue weighted by Crippen LogP contribution is -2.08. The standard InChI is InChI=1S/C30H30N14/c31-15-17-7-11-19(12-8-17)35-27-39-25(33)41-29(43-27)37-23-5-1-3-21-22(23)4-2-6-24(21)38-30-42-26(34)40-28(44-30)36-20-13-9-18(16-32)10-14-20/h1-14H,15-16,31-32H2,(H4,33,35,37,39,41,43)(H4,34,36,38,40,42,44). The SMILES string of the molecule is NCc1ccc(Nc2nc(N)nc(Nc3cccc4c(Nc5nc(N)nc(Nc6ccc(CN)cc6)n5)cccc34)n2)cc1. The summed E-state index contributed by atoms with van der Waals surface area (Å²) in [4.78, 5) is 26.0. The molecule has 0 amide bonds. The molecule has 0 aliphatic rings. The van der Waals surface area contributed by atoms with Crippen LogP contribution in [0.5, 0.6) is 0 Å². The monoisotopic (exact) mass is 586 g/mol. The van der Waals surface area contributed by atoms with E-state index >= 15 is 0 Å². The molecule has 0 atom stereocenters. The maximum absolute atomic E-state index is 6.01. The Morgan fingerprint density at radius 1 is 0.432 bits per heavy atom. The first-order chi connectivity index (χ1) is 21.4. The van der Waals surface area contributed by atoms with Crippen molar-refractivity contribution in [1.29, 1.82) is 0 Å². The molecule has 14 nitrogen and oxygen atoms in total. The maximum atomic E-state index is 6.01. The van der Waals surface area contributed by atoms with Gasteiger partial charge in [0.1, 0.15) is 0 Å². The van der Waals surface area contributed by atoms with Gasteiger partial charge in [0.15, 0.2) is 0 Å². The molecule has 0 unspecified atom stereocenters. The van der Waals surface area contributed by atoms with Crippen molar-refractivity contribution < 1.29 is 0 Å². The number of nitrogens with two attached hydrogens (primary N) is 4. The molecule has 220 valence electrons. The van der Waals surface area contributed by atoms with Crippen LogP contribution in [0.4, 0.5) is 58.4 Å². The van der Waals surface area contributed by atoms with Gasteiger partial charge in [0.05, 0.1) is 0 Å². The number of aromatic nitrogens is 6. The number of nitrogens with one attached hydrogen (secondary N) is 4. The molecule has 6 rings (SSSR count). The fourth-order valence-corrected chi connectivity index (χ4v) is 4.48. The minimum atomic E-state index is 0.0679. The summed E-state index contributed by atoms with van der Waals surface area (Å²) in [5, 5.41) is 14.6. The van der Waals surface area contributed by atoms with Gasteiger partial charge in [0.2, 0.25) is 35.7 Å². The minimum absolute atomic E-state index is 0.0679. The van der Waals surface area contributed by atoms with E-state index in [0.717, 1.165) is 44.6 Å². The molecule has 2 heterocycles. The number of nitrogens with zero attached hydrogens (tertiary/aromatic N) is 6. The molecular weight excluding hydrogens is 556 g/mol. The molecule has 4 aromatic carbocycles. The summed E-state index contributed by atoms with van der Waals surface area (Å²) < 4.78 is 0. The van der Waals surface area contributed by atoms with Crippen molar-refractivity contribution in [2.75, 3.05) is 32.7 Å². The molecule has 6 aromatic rings. The molecule has 12 N–H and O–H groups in total. The fourth-order valence-electron chi connectivity index (χ4n) is 4.48. The van der Waals surface area contributed by atoms with Crippen LogP contribution in [0.15, 0.2) is 84.9 Å². The molecule has 0 saturated carbocycles. The molecular formula is C30H30N14. The van der Waals surface area contributed by atoms with Crippen molar-refractivity contribution in [1.82, 2.24) is 29.9 Å². The molecule has 0 saturated heterocycles. The van der Waals surface area contributed by atoms with Gasteiger partial charge in [0, 0.05) is 46.6 Å². The van der Waals surface area contributed by atoms with E-state index in [1.165, 1.54) is 0 Å². The molecule has 14 heteroatoms. The fraction of sp³-hybridized carbons (Fsp3) is 0.0667. The third-order valence-corrected chi connectivity index (χ3v) is 6.61. The van der Waals surface area contributed by atoms with Crippen LogP contribution in [0.1, 0.15) is 11.1 Å². The Morgan fingerprint density at radius 3 is 1.16 bits per heavy atom. The van der Waals surface area contributed by atoms with Gasteiger partial charge >= 0.3 is 0 Å². The first-order valence-electron chi connectivity index (χ1n) is 13.7. The van der Waals surface area contributed by atoms with E-state index in [0.29, 0.717) is 25.0 Å². The van der Waals surface area contributed by atoms with Gasteiger partial charge in [-0.15, -0.1) is 0 Å². The van der Waals surface area contributed by atoms with Crippen LogP contribution < -0.4 is 44.2 Å². The lowest BCUT2D eigenvalue weighted by molar-refractivity contribution is 1.06. The Labute approximate surface area is 252 Å². The zero-order valence-corrected chi connectivity index (χ0v) is 23.5. The number of fused-ring (bicyclic) bond motifs is 1. The molecule has 0 fully saturated rings. The molecule has 44 heavy (non-hydrogen) atoms. The van der Waals surface area contributed by atoms with Crippen LogP contribution in [-0.4, -0.2) is 29.9 Å². The second-order valence-electron chi connectivity index (χ2n) is 9.69. The van der Waals surface area contributed by atoms with Gasteiger partial charge < -0.3 is 44.2 Å². The minimum Gasteiger partial charge on any atom is -0.368 e. The predicted octanol–water partition coefficient (Wildman–Crippen LogP) is 4.27. The lowest BCUT2D eigenvalue weighted by Gasteiger charge is -2.14. The van der Waals surface area contributed by atoms with Gasteiger partial charge in [-0.05, 0) is 47.5 Å². The van der Waals surface area contributed by atoms with E-state index in [4.69, 9.17) is 22.9 Å². The zero-order chi connectivity index (χ0) is 30.5. The molecule has 0 bridgehead atoms. The van der Waals surface area contributed by atoms with Crippen LogP contribution >= 0.6 is 0 Å². The second kappa shape index (κ2) is 12.4. The highest BCUT2D eigenvalue weighted by atomic mass is 15.3. The summed E-state index contributed by atoms with van der Waals surface area (Å²) in [5.74, 6) is 1.30. The zero-order valence-electron chi connectivity index (χ0n) is 23.5. The van der Waals surface area contributed by atoms with Crippen LogP contribution in [0.3, 0.4) is 0 Å². The smallest absolute Gasteiger partial charge is 0.233 e. The van der Waals surface area contributed by atoms with Gasteiger partial charge in [-0.2, -0.15) is 29.9 Å². The van der Waals surface area contributed by atoms with Crippen molar-refractivity contribution in [3.05, 3.63) is 96.1 Å². The van der Waals surface area contributed by atoms with E-state index in [1.54, 1.807) is 0 Å². The first kappa shape index (κ1) is 28.0. The van der Waals surface area contributed by atoms with Gasteiger partial charge in [-0.25, -0.2) is 0 Å². The number of anilines is 10. The second-order valence-corrected chi connectivity index (χ2v) is 9.69. The summed E-state index contributed by atoms with van der Waals surface area (Å²) in [6.07, 6.45) is 0. The Hall–Kier alpha value is -6.12. The van der Waals surface area contributed by atoms with E-state index in [-0.39, 0.29) is 23.8 Å². The Bertz CT molecular complexity index is 1770. The lowest BCUT2D eigenvalue weighted by atomic mass is 10.1. The molecule has 0 spiro atoms. The Morgan fingerprint density at radius 2 is 0.795 bits per heavy atom. The van der Waals surface area contributed by atoms with Gasteiger partial charge in [0.25, 0.3) is 0 Å². The van der Waals surface area contributed by atoms with Crippen LogP contribution in [-0.2, 0) is 13.1 Å². The summed E-state index contributed by atoms with van der Waals surface area (Å²) >= 11 is 0. The average molecular weight is 587 g/mol. The topological polar surface area (TPSA) is 230 Å². The molecule has 2 aromatic heterocycles. The summed E-state index contributed by atoms with van der Waals surface area (Å²) in [6.45, 7) is 0.921. The van der Waals surface area contributed by atoms with E-state index in [2.05, 4.69) is 51.2 Å². The number of benzene rings is 4. The first-order valence-corrected chi connectivity index (χ1v) is 13.7. The van der Waals surface area contributed by atoms with E-state index in [1.807, 2.05) is 84.9 Å². The van der Waals surface area contributed by atoms with Gasteiger partial charge in [-0.3, -0.25) is 0 Å². The highest BCUT2D eigenvalue weighted by Gasteiger charge is 2.12. The highest BCUT2D eigenvalue weighted by molar-refractivity contribution is 6.02. The number of hydrogen-bond acceptors (Lipinski definition) is 14. The van der Waals surface area contributed by atoms with Crippen molar-refractivity contribution in [2.24, 2.45) is 11.5 Å². The van der Waals surface area contributed by atoms with E-state index < -0.39 is 0 Å². The van der Waals surface area contributed by atoms with Crippen molar-refractivity contribution >= 4 is 69.2 Å². The van der Waals surface area contributed by atoms with Crippen LogP contribution in [0.25, 0.3) is 10.8 Å². The van der Waals surface area contributed by atoms with Gasteiger partial charge in [-0.1, -0.05) is 48.5 Å². The van der Waals surface area contributed by atoms with Crippen molar-refractivity contribution in [3.8, 4) is 0 Å². The average Bonchev–Trinajstić information content (AvgIpc) is 3.02. The number of hydrogen-bond donors (Lipinski definition) is 8. The summed E-state index contributed by atoms with van der Waals surface area (Å²) in [6, 6.07) is 26.9. The maximum Gasteiger partial charge on any atom is 0.233 e. The summed E-state index contributed by atoms with van der Waals surface area (Å²) in [5.41, 5.74) is 28.6. The van der Waals surface area contributed by atoms with Crippen molar-refractivity contribution in [2.45, 2.75) is 13.1 Å². The molecule has 0 aliphatic carbocycles. The Kier molecular flexibility index (Phi) is 7.90.